The average Bonchev–Trinajstić information content (AvgIpc) is 2.17. The number of benzene rings is 1. The second-order valence-corrected chi connectivity index (χ2v) is 4.67. The minimum atomic E-state index is -3.37. The van der Waals surface area contributed by atoms with Crippen LogP contribution in [0.25, 0.3) is 0 Å². The van der Waals surface area contributed by atoms with Crippen LogP contribution in [0.4, 0.5) is 13.2 Å². The highest BCUT2D eigenvalue weighted by molar-refractivity contribution is 5.31. The molecule has 0 atom stereocenters. The van der Waals surface area contributed by atoms with E-state index in [4.69, 9.17) is 0 Å². The van der Waals surface area contributed by atoms with Crippen LogP contribution in [0.3, 0.4) is 0 Å². The van der Waals surface area contributed by atoms with E-state index < -0.39 is 12.6 Å². The molecule has 0 spiro atoms. The Balaban J connectivity index is 3.14. The summed E-state index contributed by atoms with van der Waals surface area (Å²) in [6.45, 7) is 4.14. The van der Waals surface area contributed by atoms with E-state index in [1.807, 2.05) is 20.8 Å². The van der Waals surface area contributed by atoms with Gasteiger partial charge < -0.3 is 0 Å². The Morgan fingerprint density at radius 1 is 1.07 bits per heavy atom. The Bertz CT molecular complexity index is 337. The van der Waals surface area contributed by atoms with Gasteiger partial charge in [0.05, 0.1) is 0 Å². The zero-order valence-electron chi connectivity index (χ0n) is 9.15. The van der Waals surface area contributed by atoms with Crippen molar-refractivity contribution in [2.45, 2.75) is 32.1 Å². The molecule has 1 rings (SSSR count). The van der Waals surface area contributed by atoms with Crippen LogP contribution in [0.2, 0.25) is 0 Å². The number of halogens is 3. The SMILES string of the molecule is CC(C)(C)c1cccc(C(F)(F)CF)c1. The van der Waals surface area contributed by atoms with Gasteiger partial charge in [0.15, 0.2) is 6.67 Å². The Hall–Kier alpha value is -0.990. The van der Waals surface area contributed by atoms with Crippen LogP contribution in [-0.2, 0) is 11.3 Å². The number of hydrogen-bond acceptors (Lipinski definition) is 0. The molecule has 0 unspecified atom stereocenters. The summed E-state index contributed by atoms with van der Waals surface area (Å²) in [6.07, 6.45) is 0. The van der Waals surface area contributed by atoms with Gasteiger partial charge in [0.25, 0.3) is 0 Å². The zero-order chi connectivity index (χ0) is 11.7. The summed E-state index contributed by atoms with van der Waals surface area (Å²) < 4.78 is 38.3. The van der Waals surface area contributed by atoms with E-state index in [-0.39, 0.29) is 11.0 Å². The molecule has 0 bridgehead atoms. The number of hydrogen-bond donors (Lipinski definition) is 0. The maximum Gasteiger partial charge on any atom is 0.301 e. The highest BCUT2D eigenvalue weighted by Gasteiger charge is 2.32. The molecule has 0 heterocycles. The van der Waals surface area contributed by atoms with Crippen LogP contribution in [0.1, 0.15) is 31.9 Å². The molecule has 0 saturated carbocycles. The molecule has 0 amide bonds. The first kappa shape index (κ1) is 12.1. The van der Waals surface area contributed by atoms with Crippen LogP contribution in [-0.4, -0.2) is 6.67 Å². The first-order valence-electron chi connectivity index (χ1n) is 4.82. The van der Waals surface area contributed by atoms with E-state index >= 15 is 0 Å². The quantitative estimate of drug-likeness (QED) is 0.699. The maximum atomic E-state index is 13.1. The van der Waals surface area contributed by atoms with Crippen molar-refractivity contribution in [2.24, 2.45) is 0 Å². The van der Waals surface area contributed by atoms with Gasteiger partial charge in [-0.2, -0.15) is 8.78 Å². The topological polar surface area (TPSA) is 0 Å². The van der Waals surface area contributed by atoms with Crippen molar-refractivity contribution in [3.8, 4) is 0 Å². The summed E-state index contributed by atoms with van der Waals surface area (Å²) in [5.74, 6) is -3.37. The van der Waals surface area contributed by atoms with Crippen molar-refractivity contribution < 1.29 is 13.2 Å². The molecule has 1 aromatic rings. The van der Waals surface area contributed by atoms with Gasteiger partial charge >= 0.3 is 5.92 Å². The van der Waals surface area contributed by atoms with Crippen molar-refractivity contribution in [3.63, 3.8) is 0 Å². The molecule has 15 heavy (non-hydrogen) atoms. The van der Waals surface area contributed by atoms with Crippen molar-refractivity contribution in [3.05, 3.63) is 35.4 Å². The average molecular weight is 216 g/mol. The zero-order valence-corrected chi connectivity index (χ0v) is 9.15. The number of alkyl halides is 3. The minimum Gasteiger partial charge on any atom is -0.244 e. The third-order valence-corrected chi connectivity index (χ3v) is 2.32. The van der Waals surface area contributed by atoms with E-state index in [1.54, 1.807) is 12.1 Å². The van der Waals surface area contributed by atoms with Gasteiger partial charge in [-0.1, -0.05) is 39.0 Å². The molecule has 1 aromatic carbocycles. The molecule has 0 saturated heterocycles. The fourth-order valence-electron chi connectivity index (χ4n) is 1.29. The molecule has 0 aromatic heterocycles. The summed E-state index contributed by atoms with van der Waals surface area (Å²) in [6, 6.07) is 5.95. The molecular formula is C12H15F3. The predicted octanol–water partition coefficient (Wildman–Crippen LogP) is 4.05. The van der Waals surface area contributed by atoms with Crippen molar-refractivity contribution >= 4 is 0 Å². The van der Waals surface area contributed by atoms with Gasteiger partial charge in [-0.25, -0.2) is 4.39 Å². The molecule has 0 aliphatic carbocycles. The third-order valence-electron chi connectivity index (χ3n) is 2.32. The van der Waals surface area contributed by atoms with Crippen LogP contribution < -0.4 is 0 Å². The van der Waals surface area contributed by atoms with Crippen molar-refractivity contribution in [2.75, 3.05) is 6.67 Å². The molecule has 0 aliphatic rings. The van der Waals surface area contributed by atoms with Gasteiger partial charge in [-0.05, 0) is 17.0 Å². The molecule has 3 heteroatoms. The second-order valence-electron chi connectivity index (χ2n) is 4.67. The molecule has 0 aliphatic heterocycles. The normalized spacial score (nSPS) is 12.9. The van der Waals surface area contributed by atoms with Crippen LogP contribution in [0, 0.1) is 0 Å². The predicted molar refractivity (Wildman–Crippen MR) is 55.0 cm³/mol. The molecular weight excluding hydrogens is 201 g/mol. The molecule has 84 valence electrons. The monoisotopic (exact) mass is 216 g/mol. The third kappa shape index (κ3) is 2.74. The van der Waals surface area contributed by atoms with Crippen LogP contribution in [0.5, 0.6) is 0 Å². The summed E-state index contributed by atoms with van der Waals surface area (Å²) >= 11 is 0. The smallest absolute Gasteiger partial charge is 0.244 e. The van der Waals surface area contributed by atoms with Crippen molar-refractivity contribution in [1.82, 2.24) is 0 Å². The first-order chi connectivity index (χ1) is 6.77. The van der Waals surface area contributed by atoms with Crippen LogP contribution in [0.15, 0.2) is 24.3 Å². The standard InChI is InChI=1S/C12H15F3/c1-11(2,3)9-5-4-6-10(7-9)12(14,15)8-13/h4-7H,8H2,1-3H3. The fourth-order valence-corrected chi connectivity index (χ4v) is 1.29. The molecule has 0 nitrogen and oxygen atoms in total. The van der Waals surface area contributed by atoms with E-state index in [2.05, 4.69) is 0 Å². The highest BCUT2D eigenvalue weighted by atomic mass is 19.3. The Kier molecular flexibility index (Phi) is 3.12. The Labute approximate surface area is 88.1 Å². The van der Waals surface area contributed by atoms with Gasteiger partial charge in [-0.15, -0.1) is 0 Å². The van der Waals surface area contributed by atoms with E-state index in [0.29, 0.717) is 0 Å². The summed E-state index contributed by atoms with van der Waals surface area (Å²) in [4.78, 5) is 0. The highest BCUT2D eigenvalue weighted by Crippen LogP contribution is 2.31. The lowest BCUT2D eigenvalue weighted by molar-refractivity contribution is -0.0281. The minimum absolute atomic E-state index is 0.206. The molecule has 0 radical (unpaired) electrons. The largest absolute Gasteiger partial charge is 0.301 e. The van der Waals surface area contributed by atoms with E-state index in [9.17, 15) is 13.2 Å². The Morgan fingerprint density at radius 2 is 1.60 bits per heavy atom. The lowest BCUT2D eigenvalue weighted by atomic mass is 9.85. The van der Waals surface area contributed by atoms with Gasteiger partial charge in [0.1, 0.15) is 0 Å². The lowest BCUT2D eigenvalue weighted by Gasteiger charge is -2.21. The first-order valence-corrected chi connectivity index (χ1v) is 4.82. The number of rotatable bonds is 2. The Morgan fingerprint density at radius 3 is 2.07 bits per heavy atom. The summed E-state index contributed by atoms with van der Waals surface area (Å²) in [7, 11) is 0. The fraction of sp³-hybridized carbons (Fsp3) is 0.500. The molecule has 0 fully saturated rings. The van der Waals surface area contributed by atoms with Gasteiger partial charge in [-0.3, -0.25) is 0 Å². The summed E-state index contributed by atoms with van der Waals surface area (Å²) in [5, 5.41) is 0. The second kappa shape index (κ2) is 3.87. The summed E-state index contributed by atoms with van der Waals surface area (Å²) in [5.41, 5.74) is 0.327. The van der Waals surface area contributed by atoms with E-state index in [1.165, 1.54) is 12.1 Å². The van der Waals surface area contributed by atoms with Gasteiger partial charge in [0.2, 0.25) is 0 Å². The molecule has 0 N–H and O–H groups in total. The van der Waals surface area contributed by atoms with Crippen molar-refractivity contribution in [1.29, 1.82) is 0 Å². The van der Waals surface area contributed by atoms with E-state index in [0.717, 1.165) is 5.56 Å². The maximum absolute atomic E-state index is 13.1. The van der Waals surface area contributed by atoms with Crippen LogP contribution >= 0.6 is 0 Å². The van der Waals surface area contributed by atoms with Gasteiger partial charge in [0, 0.05) is 5.56 Å². The lowest BCUT2D eigenvalue weighted by Crippen LogP contribution is -2.18.